The Morgan fingerprint density at radius 2 is 1.53 bits per heavy atom. The number of aliphatic carboxylic acids is 1. The summed E-state index contributed by atoms with van der Waals surface area (Å²) in [5.41, 5.74) is 0.939. The summed E-state index contributed by atoms with van der Waals surface area (Å²) in [5.74, 6) is 0.0633. The van der Waals surface area contributed by atoms with Crippen molar-refractivity contribution in [2.75, 3.05) is 0 Å². The number of carbonyl (C=O) groups is 1. The van der Waals surface area contributed by atoms with Crippen LogP contribution in [0, 0.1) is 5.82 Å². The van der Waals surface area contributed by atoms with Crippen LogP contribution in [0.15, 0.2) is 48.5 Å². The van der Waals surface area contributed by atoms with Gasteiger partial charge in [-0.1, -0.05) is 12.1 Å². The van der Waals surface area contributed by atoms with Gasteiger partial charge in [0.1, 0.15) is 17.3 Å². The lowest BCUT2D eigenvalue weighted by atomic mass is 10.1. The molecule has 2 aromatic carbocycles. The first-order valence-electron chi connectivity index (χ1n) is 5.87. The van der Waals surface area contributed by atoms with E-state index in [9.17, 15) is 9.18 Å². The largest absolute Gasteiger partial charge is 0.481 e. The van der Waals surface area contributed by atoms with Gasteiger partial charge in [-0.2, -0.15) is 0 Å². The molecule has 4 heteroatoms. The van der Waals surface area contributed by atoms with Crippen molar-refractivity contribution in [3.63, 3.8) is 0 Å². The Morgan fingerprint density at radius 1 is 1.00 bits per heavy atom. The first-order valence-corrected chi connectivity index (χ1v) is 5.87. The van der Waals surface area contributed by atoms with Crippen molar-refractivity contribution in [2.24, 2.45) is 0 Å². The molecule has 0 bridgehead atoms. The third kappa shape index (κ3) is 4.10. The molecule has 0 radical (unpaired) electrons. The lowest BCUT2D eigenvalue weighted by Gasteiger charge is -2.06. The van der Waals surface area contributed by atoms with Gasteiger partial charge in [0.15, 0.2) is 0 Å². The maximum atomic E-state index is 12.7. The fourth-order valence-corrected chi connectivity index (χ4v) is 1.61. The predicted octanol–water partition coefficient (Wildman–Crippen LogP) is 3.64. The summed E-state index contributed by atoms with van der Waals surface area (Å²) >= 11 is 0. The molecule has 0 amide bonds. The fourth-order valence-electron chi connectivity index (χ4n) is 1.61. The van der Waals surface area contributed by atoms with Crippen LogP contribution >= 0.6 is 0 Å². The van der Waals surface area contributed by atoms with E-state index in [4.69, 9.17) is 9.84 Å². The number of aryl methyl sites for hydroxylation is 1. The van der Waals surface area contributed by atoms with Crippen LogP contribution in [0.25, 0.3) is 0 Å². The highest BCUT2D eigenvalue weighted by atomic mass is 19.1. The molecule has 19 heavy (non-hydrogen) atoms. The van der Waals surface area contributed by atoms with Crippen molar-refractivity contribution in [1.82, 2.24) is 0 Å². The van der Waals surface area contributed by atoms with Gasteiger partial charge in [0.05, 0.1) is 0 Å². The molecule has 0 aliphatic carbocycles. The van der Waals surface area contributed by atoms with E-state index in [0.29, 0.717) is 17.9 Å². The Bertz CT molecular complexity index is 547. The minimum atomic E-state index is -0.813. The molecule has 0 unspecified atom stereocenters. The van der Waals surface area contributed by atoms with Crippen molar-refractivity contribution in [3.05, 3.63) is 59.9 Å². The maximum Gasteiger partial charge on any atom is 0.303 e. The number of benzene rings is 2. The molecule has 0 atom stereocenters. The Labute approximate surface area is 110 Å². The van der Waals surface area contributed by atoms with Crippen LogP contribution in [-0.2, 0) is 11.2 Å². The minimum absolute atomic E-state index is 0.109. The quantitative estimate of drug-likeness (QED) is 0.892. The summed E-state index contributed by atoms with van der Waals surface area (Å²) in [4.78, 5) is 10.5. The summed E-state index contributed by atoms with van der Waals surface area (Å²) in [6.07, 6.45) is 0.602. The van der Waals surface area contributed by atoms with Gasteiger partial charge in [0, 0.05) is 6.42 Å². The molecular weight excluding hydrogens is 247 g/mol. The van der Waals surface area contributed by atoms with Crippen LogP contribution in [0.5, 0.6) is 11.5 Å². The Balaban J connectivity index is 1.98. The SMILES string of the molecule is O=C(O)CCc1ccc(Oc2ccc(F)cc2)cc1. The summed E-state index contributed by atoms with van der Waals surface area (Å²) in [6.45, 7) is 0. The molecule has 0 saturated heterocycles. The summed E-state index contributed by atoms with van der Waals surface area (Å²) in [7, 11) is 0. The van der Waals surface area contributed by atoms with Crippen molar-refractivity contribution in [3.8, 4) is 11.5 Å². The van der Waals surface area contributed by atoms with Gasteiger partial charge in [-0.05, 0) is 48.4 Å². The second-order valence-electron chi connectivity index (χ2n) is 4.09. The van der Waals surface area contributed by atoms with Gasteiger partial charge in [-0.15, -0.1) is 0 Å². The zero-order chi connectivity index (χ0) is 13.7. The molecular formula is C15H13FO3. The number of hydrogen-bond donors (Lipinski definition) is 1. The van der Waals surface area contributed by atoms with Crippen molar-refractivity contribution in [1.29, 1.82) is 0 Å². The van der Waals surface area contributed by atoms with Crippen LogP contribution in [0.1, 0.15) is 12.0 Å². The molecule has 2 aromatic rings. The highest BCUT2D eigenvalue weighted by molar-refractivity contribution is 5.67. The van der Waals surface area contributed by atoms with E-state index in [1.807, 2.05) is 12.1 Å². The van der Waals surface area contributed by atoms with Gasteiger partial charge in [-0.25, -0.2) is 4.39 Å². The van der Waals surface area contributed by atoms with Crippen molar-refractivity contribution in [2.45, 2.75) is 12.8 Å². The zero-order valence-corrected chi connectivity index (χ0v) is 10.2. The van der Waals surface area contributed by atoms with E-state index >= 15 is 0 Å². The summed E-state index contributed by atoms with van der Waals surface area (Å²) < 4.78 is 18.3. The van der Waals surface area contributed by atoms with Crippen molar-refractivity contribution < 1.29 is 19.0 Å². The first kappa shape index (κ1) is 13.1. The highest BCUT2D eigenvalue weighted by Gasteiger charge is 2.01. The molecule has 0 aliphatic heterocycles. The van der Waals surface area contributed by atoms with E-state index in [0.717, 1.165) is 5.56 Å². The van der Waals surface area contributed by atoms with Crippen LogP contribution in [0.3, 0.4) is 0 Å². The highest BCUT2D eigenvalue weighted by Crippen LogP contribution is 2.22. The Kier molecular flexibility index (Phi) is 4.13. The molecule has 0 fully saturated rings. The molecule has 0 saturated carbocycles. The van der Waals surface area contributed by atoms with Gasteiger partial charge in [-0.3, -0.25) is 4.79 Å². The Morgan fingerprint density at radius 3 is 2.05 bits per heavy atom. The van der Waals surface area contributed by atoms with Crippen LogP contribution < -0.4 is 4.74 Å². The number of halogens is 1. The maximum absolute atomic E-state index is 12.7. The molecule has 0 heterocycles. The fraction of sp³-hybridized carbons (Fsp3) is 0.133. The van der Waals surface area contributed by atoms with Crippen molar-refractivity contribution >= 4 is 5.97 Å². The lowest BCUT2D eigenvalue weighted by molar-refractivity contribution is -0.136. The van der Waals surface area contributed by atoms with E-state index in [1.54, 1.807) is 24.3 Å². The number of rotatable bonds is 5. The third-order valence-corrected chi connectivity index (χ3v) is 2.60. The normalized spacial score (nSPS) is 10.2. The van der Waals surface area contributed by atoms with Gasteiger partial charge in [0.2, 0.25) is 0 Å². The van der Waals surface area contributed by atoms with Gasteiger partial charge >= 0.3 is 5.97 Å². The number of carboxylic acid groups (broad SMARTS) is 1. The predicted molar refractivity (Wildman–Crippen MR) is 68.9 cm³/mol. The average Bonchev–Trinajstić information content (AvgIpc) is 2.40. The molecule has 98 valence electrons. The second-order valence-corrected chi connectivity index (χ2v) is 4.09. The molecule has 0 aromatic heterocycles. The summed E-state index contributed by atoms with van der Waals surface area (Å²) in [6, 6.07) is 12.9. The van der Waals surface area contributed by atoms with Crippen LogP contribution in [0.2, 0.25) is 0 Å². The minimum Gasteiger partial charge on any atom is -0.481 e. The monoisotopic (exact) mass is 260 g/mol. The van der Waals surface area contributed by atoms with E-state index < -0.39 is 5.97 Å². The second kappa shape index (κ2) is 6.00. The zero-order valence-electron chi connectivity index (χ0n) is 10.2. The van der Waals surface area contributed by atoms with Crippen LogP contribution in [-0.4, -0.2) is 11.1 Å². The molecule has 3 nitrogen and oxygen atoms in total. The van der Waals surface area contributed by atoms with Gasteiger partial charge in [0.25, 0.3) is 0 Å². The standard InChI is InChI=1S/C15H13FO3/c16-12-4-8-14(9-5-12)19-13-6-1-11(2-7-13)3-10-15(17)18/h1-2,4-9H,3,10H2,(H,17,18). The van der Waals surface area contributed by atoms with E-state index in [1.165, 1.54) is 12.1 Å². The van der Waals surface area contributed by atoms with E-state index in [-0.39, 0.29) is 12.2 Å². The first-order chi connectivity index (χ1) is 9.13. The number of ether oxygens (including phenoxy) is 1. The number of carboxylic acids is 1. The molecule has 1 N–H and O–H groups in total. The van der Waals surface area contributed by atoms with Gasteiger partial charge < -0.3 is 9.84 Å². The topological polar surface area (TPSA) is 46.5 Å². The molecule has 2 rings (SSSR count). The van der Waals surface area contributed by atoms with E-state index in [2.05, 4.69) is 0 Å². The molecule has 0 spiro atoms. The number of hydrogen-bond acceptors (Lipinski definition) is 2. The Hall–Kier alpha value is -2.36. The summed E-state index contributed by atoms with van der Waals surface area (Å²) in [5, 5.41) is 8.59. The van der Waals surface area contributed by atoms with Crippen LogP contribution in [0.4, 0.5) is 4.39 Å². The lowest BCUT2D eigenvalue weighted by Crippen LogP contribution is -1.97. The smallest absolute Gasteiger partial charge is 0.303 e. The average molecular weight is 260 g/mol. The molecule has 0 aliphatic rings. The third-order valence-electron chi connectivity index (χ3n) is 2.60.